The molecule has 0 heterocycles. The van der Waals surface area contributed by atoms with E-state index in [4.69, 9.17) is 9.47 Å². The zero-order chi connectivity index (χ0) is 16.8. The molecule has 0 unspecified atom stereocenters. The first kappa shape index (κ1) is 16.4. The van der Waals surface area contributed by atoms with Crippen LogP contribution in [0.1, 0.15) is 17.3 Å². The molecule has 0 fully saturated rings. The maximum Gasteiger partial charge on any atom is 0.339 e. The van der Waals surface area contributed by atoms with Crippen LogP contribution in [0.4, 0.5) is 5.69 Å². The first-order valence-electron chi connectivity index (χ1n) is 6.94. The largest absolute Gasteiger partial charge is 0.508 e. The number of aromatic hydroxyl groups is 1. The van der Waals surface area contributed by atoms with Gasteiger partial charge in [-0.1, -0.05) is 12.1 Å². The first-order chi connectivity index (χ1) is 11.0. The van der Waals surface area contributed by atoms with Crippen molar-refractivity contribution in [2.24, 2.45) is 0 Å². The number of carbonyl (C=O) groups excluding carboxylic acids is 2. The summed E-state index contributed by atoms with van der Waals surface area (Å²) in [6.45, 7) is 1.47. The van der Waals surface area contributed by atoms with E-state index in [1.165, 1.54) is 38.3 Å². The summed E-state index contributed by atoms with van der Waals surface area (Å²) in [5, 5.41) is 12.0. The molecule has 0 aromatic heterocycles. The summed E-state index contributed by atoms with van der Waals surface area (Å²) in [5.74, 6) is -0.596. The van der Waals surface area contributed by atoms with Crippen LogP contribution in [-0.2, 0) is 9.53 Å². The van der Waals surface area contributed by atoms with Crippen LogP contribution in [0.3, 0.4) is 0 Å². The fourth-order valence-corrected chi connectivity index (χ4v) is 1.86. The molecular formula is C17H17NO5. The molecule has 0 saturated heterocycles. The highest BCUT2D eigenvalue weighted by atomic mass is 16.5. The Hall–Kier alpha value is -3.02. The Bertz CT molecular complexity index is 714. The molecule has 1 atom stereocenters. The van der Waals surface area contributed by atoms with E-state index < -0.39 is 18.0 Å². The van der Waals surface area contributed by atoms with Crippen LogP contribution in [-0.4, -0.2) is 30.2 Å². The van der Waals surface area contributed by atoms with E-state index in [0.717, 1.165) is 0 Å². The van der Waals surface area contributed by atoms with Gasteiger partial charge >= 0.3 is 5.97 Å². The Balaban J connectivity index is 1.98. The Morgan fingerprint density at radius 2 is 1.87 bits per heavy atom. The van der Waals surface area contributed by atoms with Crippen LogP contribution in [0.25, 0.3) is 0 Å². The van der Waals surface area contributed by atoms with Gasteiger partial charge in [0, 0.05) is 11.8 Å². The molecule has 23 heavy (non-hydrogen) atoms. The molecule has 0 spiro atoms. The normalized spacial score (nSPS) is 11.4. The lowest BCUT2D eigenvalue weighted by Gasteiger charge is -2.14. The fraction of sp³-hybridized carbons (Fsp3) is 0.176. The maximum atomic E-state index is 12.1. The molecule has 0 saturated carbocycles. The van der Waals surface area contributed by atoms with E-state index in [1.807, 2.05) is 0 Å². The Morgan fingerprint density at radius 1 is 1.13 bits per heavy atom. The second kappa shape index (κ2) is 7.31. The summed E-state index contributed by atoms with van der Waals surface area (Å²) in [5.41, 5.74) is 0.709. The average Bonchev–Trinajstić information content (AvgIpc) is 2.54. The first-order valence-corrected chi connectivity index (χ1v) is 6.94. The lowest BCUT2D eigenvalue weighted by atomic mass is 10.2. The number of methoxy groups -OCH3 is 1. The van der Waals surface area contributed by atoms with Crippen molar-refractivity contribution in [1.82, 2.24) is 0 Å². The van der Waals surface area contributed by atoms with Gasteiger partial charge in [0.2, 0.25) is 0 Å². The molecule has 0 bridgehead atoms. The molecule has 1 amide bonds. The van der Waals surface area contributed by atoms with E-state index >= 15 is 0 Å². The monoisotopic (exact) mass is 315 g/mol. The number of nitrogens with one attached hydrogen (secondary N) is 1. The molecular weight excluding hydrogens is 298 g/mol. The van der Waals surface area contributed by atoms with Crippen LogP contribution in [0.15, 0.2) is 48.5 Å². The molecule has 0 aliphatic carbocycles. The van der Waals surface area contributed by atoms with Crippen LogP contribution >= 0.6 is 0 Å². The number of benzene rings is 2. The van der Waals surface area contributed by atoms with Crippen molar-refractivity contribution in [3.63, 3.8) is 0 Å². The number of anilines is 1. The Morgan fingerprint density at radius 3 is 2.57 bits per heavy atom. The smallest absolute Gasteiger partial charge is 0.339 e. The number of rotatable bonds is 5. The standard InChI is InChI=1S/C17H17NO5/c1-11(23-17(21)12-5-3-7-14(19)9-12)16(20)18-13-6-4-8-15(10-13)22-2/h3-11,19H,1-2H3,(H,18,20)/t11-/m0/s1. The van der Waals surface area contributed by atoms with Gasteiger partial charge < -0.3 is 19.9 Å². The number of esters is 1. The van der Waals surface area contributed by atoms with E-state index in [9.17, 15) is 14.7 Å². The van der Waals surface area contributed by atoms with Gasteiger partial charge in [-0.15, -0.1) is 0 Å². The highest BCUT2D eigenvalue weighted by Gasteiger charge is 2.19. The van der Waals surface area contributed by atoms with Gasteiger partial charge in [0.05, 0.1) is 12.7 Å². The van der Waals surface area contributed by atoms with E-state index in [0.29, 0.717) is 11.4 Å². The number of ether oxygens (including phenoxy) is 2. The van der Waals surface area contributed by atoms with Crippen LogP contribution in [0.5, 0.6) is 11.5 Å². The van der Waals surface area contributed by atoms with Gasteiger partial charge in [0.25, 0.3) is 5.91 Å². The van der Waals surface area contributed by atoms with Crippen molar-refractivity contribution in [1.29, 1.82) is 0 Å². The van der Waals surface area contributed by atoms with Crippen molar-refractivity contribution in [3.8, 4) is 11.5 Å². The fourth-order valence-electron chi connectivity index (χ4n) is 1.86. The zero-order valence-electron chi connectivity index (χ0n) is 12.8. The summed E-state index contributed by atoms with van der Waals surface area (Å²) in [4.78, 5) is 24.0. The van der Waals surface area contributed by atoms with Crippen molar-refractivity contribution in [2.75, 3.05) is 12.4 Å². The Kier molecular flexibility index (Phi) is 5.19. The predicted molar refractivity (Wildman–Crippen MR) is 84.6 cm³/mol. The van der Waals surface area contributed by atoms with Crippen molar-refractivity contribution in [3.05, 3.63) is 54.1 Å². The van der Waals surface area contributed by atoms with Crippen molar-refractivity contribution in [2.45, 2.75) is 13.0 Å². The number of amides is 1. The van der Waals surface area contributed by atoms with E-state index in [1.54, 1.807) is 24.3 Å². The van der Waals surface area contributed by atoms with Gasteiger partial charge in [0.15, 0.2) is 6.10 Å². The summed E-state index contributed by atoms with van der Waals surface area (Å²) >= 11 is 0. The zero-order valence-corrected chi connectivity index (χ0v) is 12.8. The second-order valence-corrected chi connectivity index (χ2v) is 4.82. The van der Waals surface area contributed by atoms with Gasteiger partial charge in [-0.25, -0.2) is 4.79 Å². The third kappa shape index (κ3) is 4.47. The third-order valence-electron chi connectivity index (χ3n) is 3.07. The van der Waals surface area contributed by atoms with E-state index in [-0.39, 0.29) is 11.3 Å². The number of carbonyl (C=O) groups is 2. The van der Waals surface area contributed by atoms with Gasteiger partial charge in [-0.2, -0.15) is 0 Å². The van der Waals surface area contributed by atoms with Crippen LogP contribution in [0, 0.1) is 0 Å². The highest BCUT2D eigenvalue weighted by molar-refractivity contribution is 5.97. The molecule has 0 aliphatic heterocycles. The van der Waals surface area contributed by atoms with Crippen LogP contribution in [0.2, 0.25) is 0 Å². The molecule has 0 radical (unpaired) electrons. The number of hydrogen-bond acceptors (Lipinski definition) is 5. The minimum Gasteiger partial charge on any atom is -0.508 e. The number of phenols is 1. The topological polar surface area (TPSA) is 84.9 Å². The lowest BCUT2D eigenvalue weighted by Crippen LogP contribution is -2.30. The molecule has 2 rings (SSSR count). The van der Waals surface area contributed by atoms with E-state index in [2.05, 4.69) is 5.32 Å². The predicted octanol–water partition coefficient (Wildman–Crippen LogP) is 2.58. The molecule has 2 aromatic carbocycles. The number of hydrogen-bond donors (Lipinski definition) is 2. The molecule has 2 aromatic rings. The average molecular weight is 315 g/mol. The quantitative estimate of drug-likeness (QED) is 0.828. The lowest BCUT2D eigenvalue weighted by molar-refractivity contribution is -0.123. The number of phenolic OH excluding ortho intramolecular Hbond substituents is 1. The van der Waals surface area contributed by atoms with Gasteiger partial charge in [-0.05, 0) is 37.3 Å². The summed E-state index contributed by atoms with van der Waals surface area (Å²) in [6.07, 6.45) is -0.990. The molecule has 0 aliphatic rings. The molecule has 2 N–H and O–H groups in total. The van der Waals surface area contributed by atoms with Crippen molar-refractivity contribution >= 4 is 17.6 Å². The summed E-state index contributed by atoms with van der Waals surface area (Å²) in [7, 11) is 1.53. The maximum absolute atomic E-state index is 12.1. The summed E-state index contributed by atoms with van der Waals surface area (Å²) in [6, 6.07) is 12.6. The van der Waals surface area contributed by atoms with Gasteiger partial charge in [-0.3, -0.25) is 4.79 Å². The van der Waals surface area contributed by atoms with Crippen molar-refractivity contribution < 1.29 is 24.2 Å². The second-order valence-electron chi connectivity index (χ2n) is 4.82. The molecule has 6 nitrogen and oxygen atoms in total. The minimum atomic E-state index is -0.990. The molecule has 120 valence electrons. The van der Waals surface area contributed by atoms with Gasteiger partial charge in [0.1, 0.15) is 11.5 Å². The summed E-state index contributed by atoms with van der Waals surface area (Å²) < 4.78 is 10.2. The Labute approximate surface area is 133 Å². The third-order valence-corrected chi connectivity index (χ3v) is 3.07. The molecule has 6 heteroatoms. The SMILES string of the molecule is COc1cccc(NC(=O)[C@H](C)OC(=O)c2cccc(O)c2)c1. The highest BCUT2D eigenvalue weighted by Crippen LogP contribution is 2.17. The minimum absolute atomic E-state index is 0.0482. The van der Waals surface area contributed by atoms with Crippen LogP contribution < -0.4 is 10.1 Å².